The number of esters is 2. The number of para-hydroxylation sites is 4. The Hall–Kier alpha value is -3.87. The van der Waals surface area contributed by atoms with Crippen LogP contribution in [0.3, 0.4) is 0 Å². The van der Waals surface area contributed by atoms with Crippen LogP contribution in [0.1, 0.15) is 56.8 Å². The fraction of sp³-hybridized carbons (Fsp3) is 0.174. The Kier molecular flexibility index (Phi) is 10.8. The van der Waals surface area contributed by atoms with Crippen molar-refractivity contribution in [2.45, 2.75) is 40.0 Å². The molecular formula is C46H42Au2ClN4O4+3. The second kappa shape index (κ2) is 15.4. The van der Waals surface area contributed by atoms with E-state index in [0.29, 0.717) is 24.3 Å². The van der Waals surface area contributed by atoms with Gasteiger partial charge in [0.15, 0.2) is 13.3 Å². The van der Waals surface area contributed by atoms with Gasteiger partial charge in [-0.1, -0.05) is 84.9 Å². The van der Waals surface area contributed by atoms with Crippen molar-refractivity contribution in [1.29, 1.82) is 0 Å². The second-order valence-corrected chi connectivity index (χ2v) is 14.9. The van der Waals surface area contributed by atoms with E-state index >= 15 is 0 Å². The predicted molar refractivity (Wildman–Crippen MR) is 218 cm³/mol. The van der Waals surface area contributed by atoms with Crippen molar-refractivity contribution < 1.29 is 61.4 Å². The summed E-state index contributed by atoms with van der Waals surface area (Å²) in [5.74, 6) is -0.567. The van der Waals surface area contributed by atoms with E-state index in [4.69, 9.17) is 9.47 Å². The molecule has 4 aliphatic rings. The van der Waals surface area contributed by atoms with Crippen molar-refractivity contribution in [3.05, 3.63) is 180 Å². The van der Waals surface area contributed by atoms with E-state index in [1.165, 1.54) is 55.8 Å². The van der Waals surface area contributed by atoms with E-state index in [2.05, 4.69) is 132 Å². The number of nitrogens with zero attached hydrogens (tertiary/aromatic N) is 4. The van der Waals surface area contributed by atoms with Gasteiger partial charge in [-0.05, 0) is 48.9 Å². The molecule has 11 heteroatoms. The van der Waals surface area contributed by atoms with Crippen molar-refractivity contribution in [1.82, 2.24) is 18.4 Å². The molecule has 57 heavy (non-hydrogen) atoms. The van der Waals surface area contributed by atoms with Gasteiger partial charge in [0, 0.05) is 46.5 Å². The Bertz CT molecular complexity index is 2350. The van der Waals surface area contributed by atoms with Gasteiger partial charge < -0.3 is 9.47 Å². The average Bonchev–Trinajstić information content (AvgIpc) is 4.02. The molecule has 296 valence electrons. The molecule has 4 heterocycles. The van der Waals surface area contributed by atoms with Crippen molar-refractivity contribution in [3.63, 3.8) is 0 Å². The average molecular weight is 1140 g/mol. The van der Waals surface area contributed by atoms with Crippen molar-refractivity contribution in [3.8, 4) is 0 Å². The van der Waals surface area contributed by atoms with Crippen molar-refractivity contribution >= 4 is 54.7 Å². The number of rotatable bonds is 12. The molecule has 0 radical (unpaired) electrons. The fourth-order valence-electron chi connectivity index (χ4n) is 9.52. The van der Waals surface area contributed by atoms with Crippen LogP contribution in [-0.4, -0.2) is 25.2 Å². The second-order valence-electron chi connectivity index (χ2n) is 14.9. The van der Waals surface area contributed by atoms with Gasteiger partial charge in [-0.25, -0.2) is 28.0 Å². The number of hydrogen-bond donors (Lipinski definition) is 0. The number of carbonyl (C=O) groups excluding carboxylic acids is 2. The Morgan fingerprint density at radius 3 is 1.21 bits per heavy atom. The number of benzene rings is 6. The summed E-state index contributed by atoms with van der Waals surface area (Å²) in [5, 5.41) is 2.59. The van der Waals surface area contributed by atoms with Gasteiger partial charge in [-0.2, -0.15) is 0 Å². The van der Waals surface area contributed by atoms with Gasteiger partial charge in [-0.3, -0.25) is 0 Å². The quantitative estimate of drug-likeness (QED) is 0.0403. The van der Waals surface area contributed by atoms with Crippen LogP contribution in [0.15, 0.2) is 133 Å². The first-order valence-corrected chi connectivity index (χ1v) is 21.6. The summed E-state index contributed by atoms with van der Waals surface area (Å²) in [6.45, 7) is 12.6. The SMILES string of the molecule is CCOC(=O)c1ccc(C[N+]23[CH-][N+]2(Cc2cccc4cccc(C[N+]56[CH-][N+]5(Cc5ccc(C(=O)OCC)cc5)c5ccccc56)c24)c2ccccc23)cc1.[Au+].[Cl][Au]. The van der Waals surface area contributed by atoms with E-state index in [-0.39, 0.29) is 34.3 Å². The molecule has 0 saturated carbocycles. The first-order valence-electron chi connectivity index (χ1n) is 19.0. The van der Waals surface area contributed by atoms with Gasteiger partial charge in [-0.15, -0.1) is 0 Å². The number of halogens is 1. The molecular weight excluding hydrogens is 1100 g/mol. The van der Waals surface area contributed by atoms with Crippen LogP contribution < -0.4 is 18.4 Å². The standard InChI is InChI=1S/C46H42N4O4.2Au.ClH/c1-3-53-45(51)36-23-19-33(20-24-36)27-47-31-49(47,42-17-7-5-15-40(42)47)29-38-13-9-11-35-12-10-14-39(44(35)38)30-50-32-48(50,41-16-6-8-18-43(41)50)28-34-21-25-37(26-22-34)46(52)54-4-2;;;/h5-26,31-32H,3-4,27-30H2,1-2H3;;;1H/q+2;2*+1;/p-1. The van der Waals surface area contributed by atoms with E-state index in [1.54, 1.807) is 20.0 Å². The first-order chi connectivity index (χ1) is 27.4. The van der Waals surface area contributed by atoms with E-state index < -0.39 is 0 Å². The summed E-state index contributed by atoms with van der Waals surface area (Å²) < 4.78 is 13.5. The van der Waals surface area contributed by atoms with Gasteiger partial charge in [0.05, 0.1) is 24.3 Å². The predicted octanol–water partition coefficient (Wildman–Crippen LogP) is 10.0. The zero-order valence-electron chi connectivity index (χ0n) is 31.5. The Balaban J connectivity index is 0.00000149. The third-order valence-electron chi connectivity index (χ3n) is 12.0. The van der Waals surface area contributed by atoms with Crippen LogP contribution in [0.4, 0.5) is 22.7 Å². The summed E-state index contributed by atoms with van der Waals surface area (Å²) in [6.07, 6.45) is 0. The minimum absolute atomic E-state index is 0. The number of hydrogen-bond acceptors (Lipinski definition) is 4. The van der Waals surface area contributed by atoms with Crippen LogP contribution >= 0.6 is 9.19 Å². The van der Waals surface area contributed by atoms with E-state index in [1.807, 2.05) is 38.1 Å². The fourth-order valence-corrected chi connectivity index (χ4v) is 9.52. The Labute approximate surface area is 365 Å². The monoisotopic (exact) mass is 1140 g/mol. The van der Waals surface area contributed by atoms with Crippen molar-refractivity contribution in [2.75, 3.05) is 13.2 Å². The maximum atomic E-state index is 12.3. The molecule has 6 aromatic carbocycles. The molecule has 0 N–H and O–H groups in total. The van der Waals surface area contributed by atoms with Crippen LogP contribution in [0.25, 0.3) is 10.8 Å². The third-order valence-corrected chi connectivity index (χ3v) is 12.0. The molecule has 6 aromatic rings. The summed E-state index contributed by atoms with van der Waals surface area (Å²) in [4.78, 5) is 24.7. The zero-order valence-corrected chi connectivity index (χ0v) is 36.6. The summed E-state index contributed by atoms with van der Waals surface area (Å²) >= 11 is 1.75. The molecule has 10 rings (SSSR count). The van der Waals surface area contributed by atoms with Gasteiger partial charge in [0.1, 0.15) is 26.2 Å². The molecule has 8 nitrogen and oxygen atoms in total. The van der Waals surface area contributed by atoms with Gasteiger partial charge in [0.2, 0.25) is 22.7 Å². The third kappa shape index (κ3) is 6.14. The van der Waals surface area contributed by atoms with Gasteiger partial charge in [0.25, 0.3) is 0 Å². The summed E-state index contributed by atoms with van der Waals surface area (Å²) in [7, 11) is 4.58. The number of ether oxygens (including phenoxy) is 2. The van der Waals surface area contributed by atoms with Crippen LogP contribution in [0, 0.1) is 13.3 Å². The maximum absolute atomic E-state index is 12.3. The zero-order chi connectivity index (χ0) is 38.7. The molecule has 4 unspecified atom stereocenters. The number of fused-ring (bicyclic) bond motifs is 9. The van der Waals surface area contributed by atoms with Gasteiger partial charge >= 0.3 is 63.5 Å². The molecule has 2 fully saturated rings. The molecule has 4 atom stereocenters. The molecule has 2 saturated heterocycles. The molecule has 0 spiro atoms. The normalized spacial score (nSPS) is 23.7. The molecule has 4 aliphatic heterocycles. The first kappa shape index (κ1) is 39.9. The molecule has 0 amide bonds. The summed E-state index contributed by atoms with van der Waals surface area (Å²) in [6, 6.07) is 47.0. The number of carbonyl (C=O) groups is 2. The Morgan fingerprint density at radius 1 is 0.509 bits per heavy atom. The van der Waals surface area contributed by atoms with Crippen LogP contribution in [0.5, 0.6) is 0 Å². The minimum atomic E-state index is -0.284. The molecule has 0 aromatic heterocycles. The van der Waals surface area contributed by atoms with Crippen molar-refractivity contribution in [2.24, 2.45) is 0 Å². The summed E-state index contributed by atoms with van der Waals surface area (Å²) in [5.41, 5.74) is 11.6. The molecule has 0 bridgehead atoms. The number of quaternary nitrogens is 4. The Morgan fingerprint density at radius 2 is 0.860 bits per heavy atom. The van der Waals surface area contributed by atoms with E-state index in [9.17, 15) is 9.59 Å². The van der Waals surface area contributed by atoms with Crippen LogP contribution in [0.2, 0.25) is 0 Å². The molecule has 0 aliphatic carbocycles. The van der Waals surface area contributed by atoms with E-state index in [0.717, 1.165) is 44.5 Å². The van der Waals surface area contributed by atoms with Crippen LogP contribution in [-0.2, 0) is 78.0 Å². The topological polar surface area (TPSA) is 52.6 Å².